The molecular weight excluding hydrogens is 265 g/mol. The van der Waals surface area contributed by atoms with Crippen LogP contribution < -0.4 is 4.74 Å². The molecule has 0 aliphatic carbocycles. The average Bonchev–Trinajstić information content (AvgIpc) is 2.48. The number of ether oxygens (including phenoxy) is 2. The summed E-state index contributed by atoms with van der Waals surface area (Å²) in [5, 5.41) is 8.64. The number of alkyl halides is 1. The SMILES string of the molecule is O=C(O)C(F)c1cccc(OCCN2CCOCC2)c1. The molecule has 1 saturated heterocycles. The van der Waals surface area contributed by atoms with E-state index in [-0.39, 0.29) is 5.56 Å². The van der Waals surface area contributed by atoms with Crippen molar-refractivity contribution in [3.05, 3.63) is 29.8 Å². The van der Waals surface area contributed by atoms with Gasteiger partial charge in [-0.2, -0.15) is 0 Å². The van der Waals surface area contributed by atoms with Gasteiger partial charge in [0.05, 0.1) is 13.2 Å². The number of morpholine rings is 1. The molecule has 1 aliphatic heterocycles. The molecule has 0 radical (unpaired) electrons. The number of halogens is 1. The molecular formula is C14H18FNO4. The Kier molecular flexibility index (Phi) is 5.31. The van der Waals surface area contributed by atoms with Gasteiger partial charge in [0.25, 0.3) is 0 Å². The van der Waals surface area contributed by atoms with Crippen LogP contribution in [0.25, 0.3) is 0 Å². The minimum absolute atomic E-state index is 0.0985. The Balaban J connectivity index is 1.83. The minimum Gasteiger partial charge on any atom is -0.492 e. The van der Waals surface area contributed by atoms with Crippen molar-refractivity contribution in [2.75, 3.05) is 39.5 Å². The standard InChI is InChI=1S/C14H18FNO4/c15-13(14(17)18)11-2-1-3-12(10-11)20-9-6-16-4-7-19-8-5-16/h1-3,10,13H,4-9H2,(H,17,18). The molecule has 5 nitrogen and oxygen atoms in total. The number of benzene rings is 1. The molecule has 1 N–H and O–H groups in total. The van der Waals surface area contributed by atoms with E-state index in [9.17, 15) is 9.18 Å². The van der Waals surface area contributed by atoms with Gasteiger partial charge in [-0.3, -0.25) is 4.90 Å². The number of nitrogens with zero attached hydrogens (tertiary/aromatic N) is 1. The van der Waals surface area contributed by atoms with Crippen molar-refractivity contribution < 1.29 is 23.8 Å². The molecule has 1 fully saturated rings. The van der Waals surface area contributed by atoms with Crippen LogP contribution in [0.4, 0.5) is 4.39 Å². The Morgan fingerprint density at radius 3 is 2.90 bits per heavy atom. The smallest absolute Gasteiger partial charge is 0.343 e. The summed E-state index contributed by atoms with van der Waals surface area (Å²) >= 11 is 0. The van der Waals surface area contributed by atoms with Crippen LogP contribution in [0.15, 0.2) is 24.3 Å². The van der Waals surface area contributed by atoms with Gasteiger partial charge in [-0.15, -0.1) is 0 Å². The molecule has 0 amide bonds. The number of aliphatic carboxylic acids is 1. The molecule has 0 bridgehead atoms. The molecule has 0 aromatic heterocycles. The van der Waals surface area contributed by atoms with E-state index < -0.39 is 12.1 Å². The molecule has 1 aliphatic rings. The summed E-state index contributed by atoms with van der Waals surface area (Å²) in [5.74, 6) is -1.00. The van der Waals surface area contributed by atoms with Crippen molar-refractivity contribution in [3.63, 3.8) is 0 Å². The number of rotatable bonds is 6. The van der Waals surface area contributed by atoms with Crippen LogP contribution in [-0.4, -0.2) is 55.4 Å². The van der Waals surface area contributed by atoms with Gasteiger partial charge in [-0.05, 0) is 12.1 Å². The predicted molar refractivity (Wildman–Crippen MR) is 70.7 cm³/mol. The first kappa shape index (κ1) is 14.7. The number of hydrogen-bond acceptors (Lipinski definition) is 4. The number of carbonyl (C=O) groups is 1. The highest BCUT2D eigenvalue weighted by Crippen LogP contribution is 2.22. The highest BCUT2D eigenvalue weighted by atomic mass is 19.1. The monoisotopic (exact) mass is 283 g/mol. The van der Waals surface area contributed by atoms with Crippen molar-refractivity contribution in [2.45, 2.75) is 6.17 Å². The Labute approximate surface area is 116 Å². The van der Waals surface area contributed by atoms with E-state index in [4.69, 9.17) is 14.6 Å². The quantitative estimate of drug-likeness (QED) is 0.857. The van der Waals surface area contributed by atoms with Crippen LogP contribution in [0.1, 0.15) is 11.7 Å². The third-order valence-electron chi connectivity index (χ3n) is 3.15. The molecule has 1 unspecified atom stereocenters. The summed E-state index contributed by atoms with van der Waals surface area (Å²) in [6, 6.07) is 6.15. The molecule has 0 saturated carbocycles. The molecule has 1 heterocycles. The van der Waals surface area contributed by atoms with Crippen LogP contribution >= 0.6 is 0 Å². The molecule has 1 atom stereocenters. The molecule has 1 aromatic rings. The van der Waals surface area contributed by atoms with Gasteiger partial charge >= 0.3 is 5.97 Å². The number of carboxylic acids is 1. The van der Waals surface area contributed by atoms with E-state index in [0.29, 0.717) is 12.4 Å². The summed E-state index contributed by atoms with van der Waals surface area (Å²) in [7, 11) is 0. The van der Waals surface area contributed by atoms with Crippen molar-refractivity contribution in [1.29, 1.82) is 0 Å². The zero-order valence-electron chi connectivity index (χ0n) is 11.1. The normalized spacial score (nSPS) is 17.6. The first-order valence-corrected chi connectivity index (χ1v) is 6.56. The Bertz CT molecular complexity index is 449. The van der Waals surface area contributed by atoms with E-state index in [1.54, 1.807) is 12.1 Å². The van der Waals surface area contributed by atoms with Gasteiger partial charge in [-0.1, -0.05) is 12.1 Å². The second-order valence-electron chi connectivity index (χ2n) is 4.58. The summed E-state index contributed by atoms with van der Waals surface area (Å²) in [6.45, 7) is 4.48. The van der Waals surface area contributed by atoms with E-state index in [0.717, 1.165) is 32.8 Å². The van der Waals surface area contributed by atoms with Crippen molar-refractivity contribution in [2.24, 2.45) is 0 Å². The topological polar surface area (TPSA) is 59.0 Å². The maximum absolute atomic E-state index is 13.4. The van der Waals surface area contributed by atoms with Crippen molar-refractivity contribution in [1.82, 2.24) is 4.90 Å². The maximum atomic E-state index is 13.4. The van der Waals surface area contributed by atoms with Gasteiger partial charge in [0.1, 0.15) is 12.4 Å². The van der Waals surface area contributed by atoms with E-state index in [2.05, 4.69) is 4.90 Å². The third kappa shape index (κ3) is 4.18. The lowest BCUT2D eigenvalue weighted by Gasteiger charge is -2.26. The van der Waals surface area contributed by atoms with Gasteiger partial charge in [0, 0.05) is 25.2 Å². The van der Waals surface area contributed by atoms with E-state index in [1.165, 1.54) is 12.1 Å². The molecule has 110 valence electrons. The van der Waals surface area contributed by atoms with Crippen molar-refractivity contribution in [3.8, 4) is 5.75 Å². The van der Waals surface area contributed by atoms with E-state index >= 15 is 0 Å². The van der Waals surface area contributed by atoms with Crippen LogP contribution in [0.3, 0.4) is 0 Å². The summed E-state index contributed by atoms with van der Waals surface area (Å²) < 4.78 is 24.2. The van der Waals surface area contributed by atoms with Crippen molar-refractivity contribution >= 4 is 5.97 Å². The average molecular weight is 283 g/mol. The fourth-order valence-electron chi connectivity index (χ4n) is 2.02. The zero-order chi connectivity index (χ0) is 14.4. The number of hydrogen-bond donors (Lipinski definition) is 1. The largest absolute Gasteiger partial charge is 0.492 e. The molecule has 20 heavy (non-hydrogen) atoms. The minimum atomic E-state index is -2.02. The molecule has 6 heteroatoms. The lowest BCUT2D eigenvalue weighted by molar-refractivity contribution is -0.143. The fraction of sp³-hybridized carbons (Fsp3) is 0.500. The lowest BCUT2D eigenvalue weighted by atomic mass is 10.1. The van der Waals surface area contributed by atoms with Crippen LogP contribution in [0.5, 0.6) is 5.75 Å². The lowest BCUT2D eigenvalue weighted by Crippen LogP contribution is -2.38. The van der Waals surface area contributed by atoms with Crippen LogP contribution in [0.2, 0.25) is 0 Å². The third-order valence-corrected chi connectivity index (χ3v) is 3.15. The highest BCUT2D eigenvalue weighted by molar-refractivity contribution is 5.74. The van der Waals surface area contributed by atoms with Gasteiger partial charge in [-0.25, -0.2) is 9.18 Å². The Morgan fingerprint density at radius 1 is 1.45 bits per heavy atom. The second kappa shape index (κ2) is 7.21. The number of carboxylic acid groups (broad SMARTS) is 1. The fourth-order valence-corrected chi connectivity index (χ4v) is 2.02. The maximum Gasteiger partial charge on any atom is 0.343 e. The van der Waals surface area contributed by atoms with Gasteiger partial charge < -0.3 is 14.6 Å². The molecule has 1 aromatic carbocycles. The van der Waals surface area contributed by atoms with E-state index in [1.807, 2.05) is 0 Å². The first-order valence-electron chi connectivity index (χ1n) is 6.56. The molecule has 0 spiro atoms. The summed E-state index contributed by atoms with van der Waals surface area (Å²) in [4.78, 5) is 12.8. The van der Waals surface area contributed by atoms with Gasteiger partial charge in [0.2, 0.25) is 6.17 Å². The Morgan fingerprint density at radius 2 is 2.20 bits per heavy atom. The first-order chi connectivity index (χ1) is 9.66. The second-order valence-corrected chi connectivity index (χ2v) is 4.58. The van der Waals surface area contributed by atoms with Crippen LogP contribution in [-0.2, 0) is 9.53 Å². The predicted octanol–water partition coefficient (Wildman–Crippen LogP) is 1.49. The Hall–Kier alpha value is -1.66. The van der Waals surface area contributed by atoms with Gasteiger partial charge in [0.15, 0.2) is 0 Å². The van der Waals surface area contributed by atoms with Crippen LogP contribution in [0, 0.1) is 0 Å². The molecule has 2 rings (SSSR count). The highest BCUT2D eigenvalue weighted by Gasteiger charge is 2.18. The summed E-state index contributed by atoms with van der Waals surface area (Å²) in [5.41, 5.74) is 0.0985. The summed E-state index contributed by atoms with van der Waals surface area (Å²) in [6.07, 6.45) is -2.02. The zero-order valence-corrected chi connectivity index (χ0v) is 11.1.